The average Bonchev–Trinajstić information content (AvgIpc) is 2.25. The zero-order valence-corrected chi connectivity index (χ0v) is 11.0. The minimum Gasteiger partial charge on any atom is -0.497 e. The lowest BCUT2D eigenvalue weighted by Gasteiger charge is -2.09. The summed E-state index contributed by atoms with van der Waals surface area (Å²) in [7, 11) is 1.65. The molecule has 16 heavy (non-hydrogen) atoms. The van der Waals surface area contributed by atoms with Crippen LogP contribution in [0.4, 0.5) is 0 Å². The van der Waals surface area contributed by atoms with Crippen molar-refractivity contribution in [2.24, 2.45) is 0 Å². The van der Waals surface area contributed by atoms with E-state index in [1.54, 1.807) is 7.11 Å². The molecule has 1 aromatic rings. The maximum Gasteiger partial charge on any atom is 0.120 e. The quantitative estimate of drug-likeness (QED) is 0.772. The van der Waals surface area contributed by atoms with Gasteiger partial charge in [0.2, 0.25) is 0 Å². The molecule has 0 saturated carbocycles. The Kier molecular flexibility index (Phi) is 5.64. The molecule has 1 rings (SSSR count). The summed E-state index contributed by atoms with van der Waals surface area (Å²) < 4.78 is 5.11. The highest BCUT2D eigenvalue weighted by Gasteiger charge is 2.02. The van der Waals surface area contributed by atoms with Gasteiger partial charge >= 0.3 is 0 Å². The molecule has 1 N–H and O–H groups in total. The number of ether oxygens (including phenoxy) is 1. The van der Waals surface area contributed by atoms with Crippen molar-refractivity contribution in [1.29, 1.82) is 0 Å². The topological polar surface area (TPSA) is 21.3 Å². The van der Waals surface area contributed by atoms with Gasteiger partial charge in [0.25, 0.3) is 0 Å². The average molecular weight is 242 g/mol. The zero-order valence-electron chi connectivity index (χ0n) is 10.2. The normalized spacial score (nSPS) is 10.8. The summed E-state index contributed by atoms with van der Waals surface area (Å²) in [6, 6.07) is 6.41. The largest absolute Gasteiger partial charge is 0.497 e. The third-order valence-electron chi connectivity index (χ3n) is 2.44. The van der Waals surface area contributed by atoms with Crippen molar-refractivity contribution >= 4 is 11.6 Å². The summed E-state index contributed by atoms with van der Waals surface area (Å²) in [4.78, 5) is 0. The molecule has 0 atom stereocenters. The van der Waals surface area contributed by atoms with Crippen LogP contribution in [0.2, 0.25) is 5.02 Å². The van der Waals surface area contributed by atoms with E-state index in [0.717, 1.165) is 30.2 Å². The number of methoxy groups -OCH3 is 1. The molecule has 2 nitrogen and oxygen atoms in total. The van der Waals surface area contributed by atoms with Gasteiger partial charge in [0.05, 0.1) is 7.11 Å². The van der Waals surface area contributed by atoms with Gasteiger partial charge in [0.15, 0.2) is 0 Å². The fraction of sp³-hybridized carbons (Fsp3) is 0.538. The SMILES string of the molecule is COc1ccc(CCCNC(C)C)c(Cl)c1. The molecule has 90 valence electrons. The first-order valence-corrected chi connectivity index (χ1v) is 6.07. The standard InChI is InChI=1S/C13H20ClNO/c1-10(2)15-8-4-5-11-6-7-12(16-3)9-13(11)14/h6-7,9-10,15H,4-5,8H2,1-3H3. The Morgan fingerprint density at radius 1 is 1.38 bits per heavy atom. The second-order valence-electron chi connectivity index (χ2n) is 4.17. The first-order chi connectivity index (χ1) is 7.63. The molecule has 0 aromatic heterocycles. The molecule has 3 heteroatoms. The Bertz CT molecular complexity index is 326. The van der Waals surface area contributed by atoms with Crippen LogP contribution in [0.1, 0.15) is 25.8 Å². The molecule has 0 heterocycles. The van der Waals surface area contributed by atoms with Crippen LogP contribution in [-0.4, -0.2) is 19.7 Å². The number of benzene rings is 1. The van der Waals surface area contributed by atoms with E-state index in [2.05, 4.69) is 19.2 Å². The summed E-state index contributed by atoms with van der Waals surface area (Å²) in [5.74, 6) is 0.814. The first kappa shape index (κ1) is 13.3. The van der Waals surface area contributed by atoms with Crippen molar-refractivity contribution in [3.63, 3.8) is 0 Å². The van der Waals surface area contributed by atoms with Crippen molar-refractivity contribution in [1.82, 2.24) is 5.32 Å². The molecule has 0 saturated heterocycles. The Hall–Kier alpha value is -0.730. The zero-order chi connectivity index (χ0) is 12.0. The number of nitrogens with one attached hydrogen (secondary N) is 1. The Labute approximate surface area is 103 Å². The van der Waals surface area contributed by atoms with E-state index in [0.29, 0.717) is 6.04 Å². The van der Waals surface area contributed by atoms with Crippen molar-refractivity contribution in [3.05, 3.63) is 28.8 Å². The maximum atomic E-state index is 6.15. The van der Waals surface area contributed by atoms with Gasteiger partial charge in [0.1, 0.15) is 5.75 Å². The molecule has 0 spiro atoms. The van der Waals surface area contributed by atoms with Crippen LogP contribution in [0.3, 0.4) is 0 Å². The molecule has 0 radical (unpaired) electrons. The summed E-state index contributed by atoms with van der Waals surface area (Å²) in [6.07, 6.45) is 2.10. The number of aryl methyl sites for hydroxylation is 1. The molecule has 0 amide bonds. The third-order valence-corrected chi connectivity index (χ3v) is 2.79. The fourth-order valence-electron chi connectivity index (χ4n) is 1.53. The van der Waals surface area contributed by atoms with Crippen molar-refractivity contribution in [2.75, 3.05) is 13.7 Å². The fourth-order valence-corrected chi connectivity index (χ4v) is 1.79. The van der Waals surface area contributed by atoms with Crippen LogP contribution >= 0.6 is 11.6 Å². The molecule has 0 aliphatic carbocycles. The minimum absolute atomic E-state index is 0.548. The van der Waals surface area contributed by atoms with E-state index in [1.165, 1.54) is 5.56 Å². The van der Waals surface area contributed by atoms with E-state index in [4.69, 9.17) is 16.3 Å². The van der Waals surface area contributed by atoms with Gasteiger partial charge in [-0.05, 0) is 37.1 Å². The van der Waals surface area contributed by atoms with Crippen LogP contribution < -0.4 is 10.1 Å². The van der Waals surface area contributed by atoms with Gasteiger partial charge in [-0.25, -0.2) is 0 Å². The van der Waals surface area contributed by atoms with Crippen LogP contribution in [0.15, 0.2) is 18.2 Å². The van der Waals surface area contributed by atoms with E-state index in [9.17, 15) is 0 Å². The molecular formula is C13H20ClNO. The van der Waals surface area contributed by atoms with E-state index in [-0.39, 0.29) is 0 Å². The predicted molar refractivity (Wildman–Crippen MR) is 69.5 cm³/mol. The lowest BCUT2D eigenvalue weighted by molar-refractivity contribution is 0.414. The summed E-state index contributed by atoms with van der Waals surface area (Å²) in [6.45, 7) is 5.33. The van der Waals surface area contributed by atoms with Crippen LogP contribution in [0.25, 0.3) is 0 Å². The van der Waals surface area contributed by atoms with Crippen LogP contribution in [0, 0.1) is 0 Å². The number of hydrogen-bond donors (Lipinski definition) is 1. The number of rotatable bonds is 6. The highest BCUT2D eigenvalue weighted by Crippen LogP contribution is 2.23. The molecule has 0 aliphatic rings. The van der Waals surface area contributed by atoms with Crippen molar-refractivity contribution < 1.29 is 4.74 Å². The van der Waals surface area contributed by atoms with Gasteiger partial charge in [-0.1, -0.05) is 31.5 Å². The first-order valence-electron chi connectivity index (χ1n) is 5.69. The highest BCUT2D eigenvalue weighted by molar-refractivity contribution is 6.31. The Balaban J connectivity index is 2.42. The number of hydrogen-bond acceptors (Lipinski definition) is 2. The van der Waals surface area contributed by atoms with E-state index >= 15 is 0 Å². The minimum atomic E-state index is 0.548. The highest BCUT2D eigenvalue weighted by atomic mass is 35.5. The van der Waals surface area contributed by atoms with Gasteiger partial charge in [0, 0.05) is 11.1 Å². The van der Waals surface area contributed by atoms with Crippen LogP contribution in [0.5, 0.6) is 5.75 Å². The molecular weight excluding hydrogens is 222 g/mol. The van der Waals surface area contributed by atoms with Crippen LogP contribution in [-0.2, 0) is 6.42 Å². The van der Waals surface area contributed by atoms with E-state index in [1.807, 2.05) is 18.2 Å². The lowest BCUT2D eigenvalue weighted by Crippen LogP contribution is -2.23. The van der Waals surface area contributed by atoms with Gasteiger partial charge in [-0.3, -0.25) is 0 Å². The Morgan fingerprint density at radius 2 is 2.12 bits per heavy atom. The summed E-state index contributed by atoms with van der Waals surface area (Å²) >= 11 is 6.15. The molecule has 0 bridgehead atoms. The van der Waals surface area contributed by atoms with Crippen molar-refractivity contribution in [2.45, 2.75) is 32.7 Å². The molecule has 0 aliphatic heterocycles. The molecule has 0 fully saturated rings. The van der Waals surface area contributed by atoms with Crippen molar-refractivity contribution in [3.8, 4) is 5.75 Å². The second kappa shape index (κ2) is 6.77. The van der Waals surface area contributed by atoms with E-state index < -0.39 is 0 Å². The third kappa shape index (κ3) is 4.42. The maximum absolute atomic E-state index is 6.15. The van der Waals surface area contributed by atoms with Gasteiger partial charge < -0.3 is 10.1 Å². The monoisotopic (exact) mass is 241 g/mol. The van der Waals surface area contributed by atoms with Gasteiger partial charge in [-0.2, -0.15) is 0 Å². The lowest BCUT2D eigenvalue weighted by atomic mass is 10.1. The second-order valence-corrected chi connectivity index (χ2v) is 4.58. The number of halogens is 1. The Morgan fingerprint density at radius 3 is 2.69 bits per heavy atom. The summed E-state index contributed by atoms with van der Waals surface area (Å²) in [5, 5.41) is 4.19. The smallest absolute Gasteiger partial charge is 0.120 e. The molecule has 0 unspecified atom stereocenters. The van der Waals surface area contributed by atoms with Gasteiger partial charge in [-0.15, -0.1) is 0 Å². The predicted octanol–water partition coefficient (Wildman–Crippen LogP) is 3.28. The molecule has 1 aromatic carbocycles. The summed E-state index contributed by atoms with van der Waals surface area (Å²) in [5.41, 5.74) is 1.19.